The summed E-state index contributed by atoms with van der Waals surface area (Å²) in [7, 11) is 0. The number of nitrogens with zero attached hydrogens (tertiary/aromatic N) is 4. The lowest BCUT2D eigenvalue weighted by molar-refractivity contribution is 0.262. The van der Waals surface area contributed by atoms with Crippen molar-refractivity contribution in [1.82, 2.24) is 14.8 Å². The van der Waals surface area contributed by atoms with Crippen LogP contribution in [0.2, 0.25) is 0 Å². The molecule has 4 N–H and O–H groups in total. The minimum atomic E-state index is -0.461. The number of rotatable bonds is 10. The van der Waals surface area contributed by atoms with Crippen molar-refractivity contribution in [2.24, 2.45) is 10.7 Å². The number of anilines is 2. The highest BCUT2D eigenvalue weighted by Crippen LogP contribution is 2.33. The van der Waals surface area contributed by atoms with Crippen molar-refractivity contribution in [3.05, 3.63) is 114 Å². The first-order valence-electron chi connectivity index (χ1n) is 15.1. The van der Waals surface area contributed by atoms with Crippen LogP contribution in [-0.4, -0.2) is 33.6 Å². The number of hydrogen-bond acceptors (Lipinski definition) is 6. The van der Waals surface area contributed by atoms with Crippen LogP contribution >= 0.6 is 0 Å². The number of aliphatic imine (C=N–C) groups is 1. The lowest BCUT2D eigenvalue weighted by atomic mass is 9.92. The third kappa shape index (κ3) is 7.65. The molecular formula is C36H38FN7O2. The van der Waals surface area contributed by atoms with Crippen LogP contribution in [0.3, 0.4) is 0 Å². The molecule has 46 heavy (non-hydrogen) atoms. The maximum Gasteiger partial charge on any atom is 0.324 e. The van der Waals surface area contributed by atoms with Gasteiger partial charge in [0.1, 0.15) is 24.0 Å². The number of carbonyl (C=O) groups is 1. The smallest absolute Gasteiger partial charge is 0.324 e. The number of allylic oxidation sites excluding steroid dienone is 1. The molecular weight excluding hydrogens is 581 g/mol. The molecule has 0 radical (unpaired) electrons. The number of halogens is 1. The standard InChI is InChI=1S/C36H38FN7O2/c1-5-25(22-39-18-16-38)31-19-24(15-17-40-31)23-46-32-14-13-30(28-11-6-7-12-29(28)32)41-35(45)42-34-21-33(36(2,3)4)43-44(34)27-10-8-9-26(37)20-27/h6-15,17-22H,5,16,23,38H2,1-4H3,(H2,41,42,45)/b25-22?,39-18-. The number of fused-ring (bicyclic) bond motifs is 1. The second-order valence-corrected chi connectivity index (χ2v) is 11.7. The van der Waals surface area contributed by atoms with E-state index < -0.39 is 11.8 Å². The first-order chi connectivity index (χ1) is 22.2. The molecule has 2 aromatic heterocycles. The van der Waals surface area contributed by atoms with E-state index in [4.69, 9.17) is 10.5 Å². The molecule has 0 unspecified atom stereocenters. The molecule has 0 aliphatic rings. The van der Waals surface area contributed by atoms with Crippen LogP contribution in [0.1, 0.15) is 51.1 Å². The zero-order chi connectivity index (χ0) is 32.7. The van der Waals surface area contributed by atoms with Crippen molar-refractivity contribution in [3.63, 3.8) is 0 Å². The number of ether oxygens (including phenoxy) is 1. The molecule has 0 atom stereocenters. The summed E-state index contributed by atoms with van der Waals surface area (Å²) in [6, 6.07) is 22.7. The van der Waals surface area contributed by atoms with Crippen LogP contribution in [0.15, 0.2) is 96.3 Å². The van der Waals surface area contributed by atoms with Gasteiger partial charge in [0.25, 0.3) is 0 Å². The van der Waals surface area contributed by atoms with Gasteiger partial charge in [0, 0.05) is 47.4 Å². The number of amides is 2. The predicted octanol–water partition coefficient (Wildman–Crippen LogP) is 7.86. The van der Waals surface area contributed by atoms with Crippen molar-refractivity contribution in [2.75, 3.05) is 17.2 Å². The van der Waals surface area contributed by atoms with Crippen LogP contribution < -0.4 is 21.1 Å². The predicted molar refractivity (Wildman–Crippen MR) is 183 cm³/mol. The fourth-order valence-electron chi connectivity index (χ4n) is 4.86. The molecule has 0 saturated carbocycles. The van der Waals surface area contributed by atoms with Gasteiger partial charge in [-0.2, -0.15) is 5.10 Å². The average molecular weight is 620 g/mol. The number of pyridine rings is 1. The first kappa shape index (κ1) is 32.1. The molecule has 0 saturated heterocycles. The van der Waals surface area contributed by atoms with E-state index in [1.807, 2.05) is 69.3 Å². The Hall–Kier alpha value is -5.35. The summed E-state index contributed by atoms with van der Waals surface area (Å²) < 4.78 is 21.9. The Kier molecular flexibility index (Phi) is 9.88. The Morgan fingerprint density at radius 2 is 1.83 bits per heavy atom. The summed E-state index contributed by atoms with van der Waals surface area (Å²) in [5.74, 6) is 0.702. The van der Waals surface area contributed by atoms with E-state index in [-0.39, 0.29) is 5.41 Å². The Morgan fingerprint density at radius 1 is 1.02 bits per heavy atom. The Labute approximate surface area is 268 Å². The quantitative estimate of drug-likeness (QED) is 0.138. The number of hydrogen-bond donors (Lipinski definition) is 3. The summed E-state index contributed by atoms with van der Waals surface area (Å²) in [5.41, 5.74) is 9.88. The van der Waals surface area contributed by atoms with Gasteiger partial charge in [0.05, 0.1) is 22.8 Å². The van der Waals surface area contributed by atoms with E-state index in [1.54, 1.807) is 36.8 Å². The lowest BCUT2D eigenvalue weighted by Gasteiger charge is -2.15. The van der Waals surface area contributed by atoms with Gasteiger partial charge in [-0.3, -0.25) is 15.3 Å². The van der Waals surface area contributed by atoms with E-state index in [0.717, 1.165) is 39.7 Å². The van der Waals surface area contributed by atoms with Gasteiger partial charge in [-0.25, -0.2) is 13.9 Å². The van der Waals surface area contributed by atoms with Crippen LogP contribution in [0.5, 0.6) is 5.75 Å². The normalized spacial score (nSPS) is 12.1. The summed E-state index contributed by atoms with van der Waals surface area (Å²) in [4.78, 5) is 22.1. The van der Waals surface area contributed by atoms with E-state index in [2.05, 4.69) is 32.6 Å². The number of benzene rings is 3. The van der Waals surface area contributed by atoms with Gasteiger partial charge < -0.3 is 15.8 Å². The summed E-state index contributed by atoms with van der Waals surface area (Å²) in [6.45, 7) is 8.84. The first-order valence-corrected chi connectivity index (χ1v) is 15.1. The molecule has 2 amide bonds. The highest BCUT2D eigenvalue weighted by atomic mass is 19.1. The molecule has 236 valence electrons. The van der Waals surface area contributed by atoms with Gasteiger partial charge in [-0.05, 0) is 60.0 Å². The highest BCUT2D eigenvalue weighted by Gasteiger charge is 2.22. The number of carbonyl (C=O) groups excluding carboxylic acids is 1. The zero-order valence-electron chi connectivity index (χ0n) is 26.4. The second kappa shape index (κ2) is 14.2. The van der Waals surface area contributed by atoms with Crippen molar-refractivity contribution in [1.29, 1.82) is 0 Å². The van der Waals surface area contributed by atoms with E-state index >= 15 is 0 Å². The molecule has 9 nitrogen and oxygen atoms in total. The minimum absolute atomic E-state index is 0.288. The van der Waals surface area contributed by atoms with Crippen LogP contribution in [0, 0.1) is 5.82 Å². The maximum absolute atomic E-state index is 14.1. The molecule has 0 spiro atoms. The van der Waals surface area contributed by atoms with E-state index in [9.17, 15) is 9.18 Å². The third-order valence-corrected chi connectivity index (χ3v) is 7.27. The summed E-state index contributed by atoms with van der Waals surface area (Å²) in [6.07, 6.45) is 5.98. The summed E-state index contributed by atoms with van der Waals surface area (Å²) in [5, 5.41) is 12.2. The van der Waals surface area contributed by atoms with Crippen molar-refractivity contribution in [3.8, 4) is 11.4 Å². The molecule has 5 rings (SSSR count). The Morgan fingerprint density at radius 3 is 2.57 bits per heavy atom. The molecule has 0 aliphatic heterocycles. The number of nitrogens with one attached hydrogen (secondary N) is 2. The topological polar surface area (TPSA) is 119 Å². The van der Waals surface area contributed by atoms with Gasteiger partial charge in [0.2, 0.25) is 0 Å². The molecule has 10 heteroatoms. The van der Waals surface area contributed by atoms with Gasteiger partial charge >= 0.3 is 6.03 Å². The number of nitrogens with two attached hydrogens (primary N) is 1. The second-order valence-electron chi connectivity index (χ2n) is 11.7. The Balaban J connectivity index is 1.35. The molecule has 0 bridgehead atoms. The minimum Gasteiger partial charge on any atom is -0.488 e. The average Bonchev–Trinajstić information content (AvgIpc) is 3.47. The van der Waals surface area contributed by atoms with Crippen LogP contribution in [0.25, 0.3) is 22.0 Å². The van der Waals surface area contributed by atoms with Crippen molar-refractivity contribution in [2.45, 2.75) is 46.1 Å². The molecule has 5 aromatic rings. The maximum atomic E-state index is 14.1. The molecule has 3 aromatic carbocycles. The largest absolute Gasteiger partial charge is 0.488 e. The van der Waals surface area contributed by atoms with Gasteiger partial charge in [-0.15, -0.1) is 0 Å². The number of urea groups is 1. The molecule has 0 aliphatic carbocycles. The fraction of sp³-hybridized carbons (Fsp3) is 0.222. The van der Waals surface area contributed by atoms with E-state index in [0.29, 0.717) is 36.1 Å². The fourth-order valence-corrected chi connectivity index (χ4v) is 4.86. The third-order valence-electron chi connectivity index (χ3n) is 7.27. The van der Waals surface area contributed by atoms with E-state index in [1.165, 1.54) is 16.8 Å². The Bertz CT molecular complexity index is 1910. The van der Waals surface area contributed by atoms with Crippen LogP contribution in [0.4, 0.5) is 20.7 Å². The monoisotopic (exact) mass is 619 g/mol. The zero-order valence-corrected chi connectivity index (χ0v) is 26.4. The van der Waals surface area contributed by atoms with Crippen molar-refractivity contribution < 1.29 is 13.9 Å². The molecule has 0 fully saturated rings. The SMILES string of the molecule is CCC(=C/N=C\CN)c1cc(COc2ccc(NC(=O)Nc3cc(C(C)(C)C)nn3-c3cccc(F)c3)c3ccccc23)ccn1. The van der Waals surface area contributed by atoms with Crippen LogP contribution in [-0.2, 0) is 12.0 Å². The highest BCUT2D eigenvalue weighted by molar-refractivity contribution is 6.07. The molecule has 2 heterocycles. The lowest BCUT2D eigenvalue weighted by Crippen LogP contribution is -2.21. The number of aromatic nitrogens is 3. The van der Waals surface area contributed by atoms with Gasteiger partial charge in [0.15, 0.2) is 0 Å². The van der Waals surface area contributed by atoms with Crippen molar-refractivity contribution >= 4 is 40.1 Å². The van der Waals surface area contributed by atoms with Gasteiger partial charge in [-0.1, -0.05) is 58.0 Å². The summed E-state index contributed by atoms with van der Waals surface area (Å²) >= 11 is 0.